The van der Waals surface area contributed by atoms with Gasteiger partial charge >= 0.3 is 0 Å². The highest BCUT2D eigenvalue weighted by atomic mass is 15.0. The Bertz CT molecular complexity index is 2250. The lowest BCUT2D eigenvalue weighted by atomic mass is 9.92. The summed E-state index contributed by atoms with van der Waals surface area (Å²) in [6.07, 6.45) is 0. The first-order valence-electron chi connectivity index (χ1n) is 16.2. The number of fused-ring (bicyclic) bond motifs is 1. The number of nitrogens with one attached hydrogen (secondary N) is 1. The third kappa shape index (κ3) is 7.22. The number of anilines is 3. The van der Waals surface area contributed by atoms with Gasteiger partial charge in [0.05, 0.1) is 11.4 Å². The van der Waals surface area contributed by atoms with Gasteiger partial charge in [0.25, 0.3) is 0 Å². The molecule has 5 heteroatoms. The van der Waals surface area contributed by atoms with Crippen LogP contribution in [0.3, 0.4) is 0 Å². The average molecular weight is 634 g/mol. The minimum Gasteiger partial charge on any atom is -0.397 e. The maximum absolute atomic E-state index is 5.81. The Kier molecular flexibility index (Phi) is 9.15. The lowest BCUT2D eigenvalue weighted by Crippen LogP contribution is -2.01. The highest BCUT2D eigenvalue weighted by Gasteiger charge is 2.17. The Labute approximate surface area is 286 Å². The molecule has 0 spiro atoms. The van der Waals surface area contributed by atoms with E-state index in [1.807, 2.05) is 115 Å². The molecule has 1 aromatic heterocycles. The minimum absolute atomic E-state index is 0.664. The summed E-state index contributed by atoms with van der Waals surface area (Å²) in [4.78, 5) is 14.8. The molecule has 0 aliphatic rings. The van der Waals surface area contributed by atoms with E-state index >= 15 is 0 Å². The summed E-state index contributed by atoms with van der Waals surface area (Å²) in [6, 6.07) is 59.3. The standard InChI is InChI=1S/C32H23N3.C12H12N2/c1-22-16-18-24(19-17-22)29-27-15-9-8-10-23(27)20-21-28(29)32-34-30(25-11-4-2-5-12-25)33-31(35-32)26-13-6-3-7-14-26;13-11-8-4-5-9-12(11)14-10-6-2-1-3-7-10/h2-21H,1H3;1-9,14H,13H2. The highest BCUT2D eigenvalue weighted by molar-refractivity contribution is 6.03. The van der Waals surface area contributed by atoms with Crippen molar-refractivity contribution >= 4 is 27.8 Å². The van der Waals surface area contributed by atoms with E-state index in [0.29, 0.717) is 17.5 Å². The largest absolute Gasteiger partial charge is 0.397 e. The first-order valence-corrected chi connectivity index (χ1v) is 16.2. The van der Waals surface area contributed by atoms with Crippen molar-refractivity contribution in [2.45, 2.75) is 6.92 Å². The molecule has 0 atom stereocenters. The number of nitrogens with two attached hydrogens (primary N) is 1. The molecular weight excluding hydrogens is 599 g/mol. The van der Waals surface area contributed by atoms with Crippen LogP contribution in [0.5, 0.6) is 0 Å². The van der Waals surface area contributed by atoms with Gasteiger partial charge in [-0.3, -0.25) is 0 Å². The molecule has 0 aliphatic carbocycles. The molecule has 0 radical (unpaired) electrons. The van der Waals surface area contributed by atoms with Crippen LogP contribution < -0.4 is 11.1 Å². The molecule has 0 saturated heterocycles. The zero-order valence-electron chi connectivity index (χ0n) is 27.2. The van der Waals surface area contributed by atoms with Crippen LogP contribution >= 0.6 is 0 Å². The smallest absolute Gasteiger partial charge is 0.164 e. The van der Waals surface area contributed by atoms with Crippen molar-refractivity contribution in [1.29, 1.82) is 0 Å². The highest BCUT2D eigenvalue weighted by Crippen LogP contribution is 2.38. The molecule has 8 rings (SSSR count). The van der Waals surface area contributed by atoms with Crippen LogP contribution in [0.2, 0.25) is 0 Å². The number of aromatic nitrogens is 3. The van der Waals surface area contributed by atoms with E-state index in [-0.39, 0.29) is 0 Å². The summed E-state index contributed by atoms with van der Waals surface area (Å²) in [5, 5.41) is 5.61. The van der Waals surface area contributed by atoms with E-state index < -0.39 is 0 Å². The van der Waals surface area contributed by atoms with Crippen LogP contribution in [-0.2, 0) is 0 Å². The zero-order valence-corrected chi connectivity index (χ0v) is 27.2. The molecule has 5 nitrogen and oxygen atoms in total. The molecule has 0 amide bonds. The van der Waals surface area contributed by atoms with Gasteiger partial charge < -0.3 is 11.1 Å². The van der Waals surface area contributed by atoms with Gasteiger partial charge in [0, 0.05) is 27.9 Å². The Morgan fingerprint density at radius 2 is 0.980 bits per heavy atom. The van der Waals surface area contributed by atoms with Gasteiger partial charge in [-0.2, -0.15) is 0 Å². The topological polar surface area (TPSA) is 76.7 Å². The second kappa shape index (κ2) is 14.4. The average Bonchev–Trinajstić information content (AvgIpc) is 3.17. The Hall–Kier alpha value is -6.59. The van der Waals surface area contributed by atoms with E-state index in [4.69, 9.17) is 20.7 Å². The SMILES string of the molecule is Cc1ccc(-c2c(-c3nc(-c4ccccc4)nc(-c4ccccc4)n3)ccc3ccccc23)cc1.Nc1ccccc1Nc1ccccc1. The molecule has 236 valence electrons. The molecule has 49 heavy (non-hydrogen) atoms. The fourth-order valence-corrected chi connectivity index (χ4v) is 5.71. The Balaban J connectivity index is 0.000000226. The Morgan fingerprint density at radius 1 is 0.449 bits per heavy atom. The maximum atomic E-state index is 5.81. The van der Waals surface area contributed by atoms with E-state index in [1.54, 1.807) is 0 Å². The number of nitrogens with zero attached hydrogens (tertiary/aromatic N) is 3. The normalized spacial score (nSPS) is 10.6. The number of hydrogen-bond acceptors (Lipinski definition) is 5. The fraction of sp³-hybridized carbons (Fsp3) is 0.0227. The van der Waals surface area contributed by atoms with E-state index in [2.05, 4.69) is 72.9 Å². The van der Waals surface area contributed by atoms with E-state index in [1.165, 1.54) is 16.3 Å². The van der Waals surface area contributed by atoms with Gasteiger partial charge in [-0.05, 0) is 53.6 Å². The van der Waals surface area contributed by atoms with Gasteiger partial charge in [-0.15, -0.1) is 0 Å². The predicted molar refractivity (Wildman–Crippen MR) is 204 cm³/mol. The van der Waals surface area contributed by atoms with Gasteiger partial charge in [-0.25, -0.2) is 15.0 Å². The van der Waals surface area contributed by atoms with Crippen molar-refractivity contribution < 1.29 is 0 Å². The molecule has 0 bridgehead atoms. The molecule has 8 aromatic rings. The van der Waals surface area contributed by atoms with Crippen LogP contribution in [0.15, 0.2) is 176 Å². The summed E-state index contributed by atoms with van der Waals surface area (Å²) in [5.41, 5.74) is 15.0. The molecule has 1 heterocycles. The fourth-order valence-electron chi connectivity index (χ4n) is 5.71. The quantitative estimate of drug-likeness (QED) is 0.178. The number of hydrogen-bond donors (Lipinski definition) is 2. The number of nitrogen functional groups attached to an aromatic ring is 1. The second-order valence-corrected chi connectivity index (χ2v) is 11.7. The van der Waals surface area contributed by atoms with Gasteiger partial charge in [0.2, 0.25) is 0 Å². The van der Waals surface area contributed by atoms with Crippen LogP contribution in [0.25, 0.3) is 56.1 Å². The van der Waals surface area contributed by atoms with E-state index in [9.17, 15) is 0 Å². The first kappa shape index (κ1) is 31.0. The van der Waals surface area contributed by atoms with Crippen molar-refractivity contribution in [1.82, 2.24) is 15.0 Å². The summed E-state index contributed by atoms with van der Waals surface area (Å²) in [6.45, 7) is 2.11. The zero-order chi connectivity index (χ0) is 33.4. The van der Waals surface area contributed by atoms with Crippen LogP contribution in [-0.4, -0.2) is 15.0 Å². The second-order valence-electron chi connectivity index (χ2n) is 11.7. The van der Waals surface area contributed by atoms with Crippen molar-refractivity contribution in [2.75, 3.05) is 11.1 Å². The molecule has 0 unspecified atom stereocenters. The lowest BCUT2D eigenvalue weighted by Gasteiger charge is -2.15. The van der Waals surface area contributed by atoms with Crippen molar-refractivity contribution in [2.24, 2.45) is 0 Å². The maximum Gasteiger partial charge on any atom is 0.164 e. The molecule has 7 aromatic carbocycles. The molecule has 0 fully saturated rings. The lowest BCUT2D eigenvalue weighted by molar-refractivity contribution is 1.07. The number of rotatable bonds is 6. The molecular formula is C44H35N5. The Morgan fingerprint density at radius 3 is 1.61 bits per heavy atom. The van der Waals surface area contributed by atoms with E-state index in [0.717, 1.165) is 44.9 Å². The minimum atomic E-state index is 0.664. The van der Waals surface area contributed by atoms with Gasteiger partial charge in [0.1, 0.15) is 0 Å². The third-order valence-electron chi connectivity index (χ3n) is 8.22. The van der Waals surface area contributed by atoms with Crippen molar-refractivity contribution in [3.63, 3.8) is 0 Å². The van der Waals surface area contributed by atoms with Crippen LogP contribution in [0.4, 0.5) is 17.1 Å². The third-order valence-corrected chi connectivity index (χ3v) is 8.22. The summed E-state index contributed by atoms with van der Waals surface area (Å²) in [5.74, 6) is 1.99. The molecule has 3 N–H and O–H groups in total. The van der Waals surface area contributed by atoms with Gasteiger partial charge in [-0.1, -0.05) is 151 Å². The monoisotopic (exact) mass is 633 g/mol. The van der Waals surface area contributed by atoms with Crippen LogP contribution in [0.1, 0.15) is 5.56 Å². The van der Waals surface area contributed by atoms with Crippen molar-refractivity contribution in [3.05, 3.63) is 181 Å². The molecule has 0 saturated carbocycles. The first-order chi connectivity index (χ1) is 24.1. The van der Waals surface area contributed by atoms with Crippen LogP contribution in [0, 0.1) is 6.92 Å². The number of aryl methyl sites for hydroxylation is 1. The number of para-hydroxylation sites is 3. The molecule has 0 aliphatic heterocycles. The summed E-state index contributed by atoms with van der Waals surface area (Å²) >= 11 is 0. The van der Waals surface area contributed by atoms with Gasteiger partial charge in [0.15, 0.2) is 17.5 Å². The predicted octanol–water partition coefficient (Wildman–Crippen LogP) is 11.0. The summed E-state index contributed by atoms with van der Waals surface area (Å²) in [7, 11) is 0. The summed E-state index contributed by atoms with van der Waals surface area (Å²) < 4.78 is 0. The van der Waals surface area contributed by atoms with Crippen molar-refractivity contribution in [3.8, 4) is 45.3 Å². The number of benzene rings is 7.